The summed E-state index contributed by atoms with van der Waals surface area (Å²) in [6.07, 6.45) is 1.57. The van der Waals surface area contributed by atoms with E-state index in [1.54, 1.807) is 55.8 Å². The largest absolute Gasteiger partial charge is 0.497 e. The highest BCUT2D eigenvalue weighted by Crippen LogP contribution is 2.29. The second-order valence-electron chi connectivity index (χ2n) is 5.93. The van der Waals surface area contributed by atoms with Gasteiger partial charge in [0.1, 0.15) is 11.4 Å². The summed E-state index contributed by atoms with van der Waals surface area (Å²) in [5.41, 5.74) is 2.07. The molecule has 1 amide bonds. The van der Waals surface area contributed by atoms with Crippen LogP contribution in [0.3, 0.4) is 0 Å². The number of thiazole rings is 1. The number of nitrogens with zero attached hydrogens (tertiary/aromatic N) is 2. The number of rotatable bonds is 5. The zero-order valence-electron chi connectivity index (χ0n) is 14.9. The quantitative estimate of drug-likeness (QED) is 0.518. The lowest BCUT2D eigenvalue weighted by Gasteiger charge is -2.04. The average Bonchev–Trinajstić information content (AvgIpc) is 3.15. The summed E-state index contributed by atoms with van der Waals surface area (Å²) < 4.78 is 6.13. The summed E-state index contributed by atoms with van der Waals surface area (Å²) in [5.74, 6) is 0.262. The van der Waals surface area contributed by atoms with Gasteiger partial charge in [-0.05, 0) is 42.5 Å². The van der Waals surface area contributed by atoms with E-state index in [-0.39, 0.29) is 11.7 Å². The van der Waals surface area contributed by atoms with Gasteiger partial charge in [0.2, 0.25) is 5.78 Å². The van der Waals surface area contributed by atoms with E-state index in [9.17, 15) is 9.59 Å². The van der Waals surface area contributed by atoms with Crippen molar-refractivity contribution in [2.45, 2.75) is 0 Å². The third kappa shape index (κ3) is 3.60. The molecule has 2 heterocycles. The minimum absolute atomic E-state index is 0.187. The molecule has 1 N–H and O–H groups in total. The minimum Gasteiger partial charge on any atom is -0.497 e. The van der Waals surface area contributed by atoms with Gasteiger partial charge in [0.25, 0.3) is 5.91 Å². The summed E-state index contributed by atoms with van der Waals surface area (Å²) in [6.45, 7) is 0. The number of carbonyl (C=O) groups excluding carboxylic acids is 2. The molecule has 4 aromatic rings. The van der Waals surface area contributed by atoms with Gasteiger partial charge in [0.15, 0.2) is 5.13 Å². The van der Waals surface area contributed by atoms with Crippen molar-refractivity contribution in [3.8, 4) is 5.75 Å². The van der Waals surface area contributed by atoms with Gasteiger partial charge in [0.05, 0.1) is 17.3 Å². The molecule has 0 aliphatic rings. The van der Waals surface area contributed by atoms with Crippen LogP contribution in [0.1, 0.15) is 26.4 Å². The molecule has 0 unspecified atom stereocenters. The van der Waals surface area contributed by atoms with Crippen LogP contribution in [0.15, 0.2) is 66.9 Å². The van der Waals surface area contributed by atoms with Crippen LogP contribution >= 0.6 is 11.3 Å². The molecule has 0 atom stereocenters. The molecule has 4 rings (SSSR count). The molecule has 0 bridgehead atoms. The molecule has 0 aliphatic heterocycles. The Morgan fingerprint density at radius 3 is 2.50 bits per heavy atom. The standard InChI is InChI=1S/C21H15N3O3S/c1-27-15-9-10-16-18(12-15)28-21(23-16)24-20(26)14-7-5-13(6-8-14)19(25)17-4-2-3-11-22-17/h2-12H,1H3,(H,23,24,26). The fourth-order valence-corrected chi connectivity index (χ4v) is 3.56. The van der Waals surface area contributed by atoms with E-state index >= 15 is 0 Å². The molecular weight excluding hydrogens is 374 g/mol. The van der Waals surface area contributed by atoms with Crippen LogP contribution in [0.25, 0.3) is 10.2 Å². The van der Waals surface area contributed by atoms with Gasteiger partial charge in [-0.25, -0.2) is 4.98 Å². The normalized spacial score (nSPS) is 10.6. The zero-order chi connectivity index (χ0) is 19.5. The zero-order valence-corrected chi connectivity index (χ0v) is 15.7. The van der Waals surface area contributed by atoms with Crippen molar-refractivity contribution >= 4 is 38.4 Å². The molecule has 6 nitrogen and oxygen atoms in total. The fraction of sp³-hybridized carbons (Fsp3) is 0.0476. The van der Waals surface area contributed by atoms with Gasteiger partial charge < -0.3 is 4.74 Å². The van der Waals surface area contributed by atoms with E-state index in [4.69, 9.17) is 4.74 Å². The SMILES string of the molecule is COc1ccc2nc(NC(=O)c3ccc(C(=O)c4ccccn4)cc3)sc2c1. The molecule has 7 heteroatoms. The summed E-state index contributed by atoms with van der Waals surface area (Å²) in [5, 5.41) is 3.30. The number of amides is 1. The van der Waals surface area contributed by atoms with Crippen LogP contribution in [0, 0.1) is 0 Å². The first kappa shape index (κ1) is 17.8. The highest BCUT2D eigenvalue weighted by molar-refractivity contribution is 7.22. The van der Waals surface area contributed by atoms with Gasteiger partial charge in [0, 0.05) is 17.3 Å². The van der Waals surface area contributed by atoms with E-state index in [0.29, 0.717) is 22.0 Å². The van der Waals surface area contributed by atoms with Gasteiger partial charge >= 0.3 is 0 Å². The minimum atomic E-state index is -0.289. The molecule has 0 saturated carbocycles. The van der Waals surface area contributed by atoms with Gasteiger partial charge in [-0.15, -0.1) is 0 Å². The molecule has 2 aromatic heterocycles. The molecule has 138 valence electrons. The van der Waals surface area contributed by atoms with Crippen LogP contribution in [0.4, 0.5) is 5.13 Å². The summed E-state index contributed by atoms with van der Waals surface area (Å²) >= 11 is 1.37. The van der Waals surface area contributed by atoms with E-state index in [2.05, 4.69) is 15.3 Å². The third-order valence-electron chi connectivity index (χ3n) is 4.12. The Bertz CT molecular complexity index is 1150. The van der Waals surface area contributed by atoms with Gasteiger partial charge in [-0.3, -0.25) is 19.9 Å². The second kappa shape index (κ2) is 7.58. The number of benzene rings is 2. The maximum atomic E-state index is 12.5. The Balaban J connectivity index is 1.50. The number of pyridine rings is 1. The number of nitrogens with one attached hydrogen (secondary N) is 1. The average molecular weight is 389 g/mol. The lowest BCUT2D eigenvalue weighted by molar-refractivity contribution is 0.101. The monoisotopic (exact) mass is 389 g/mol. The predicted octanol–water partition coefficient (Wildman–Crippen LogP) is 4.18. The summed E-state index contributed by atoms with van der Waals surface area (Å²) in [6, 6.07) is 17.2. The molecular formula is C21H15N3O3S. The first-order valence-electron chi connectivity index (χ1n) is 8.46. The van der Waals surface area contributed by atoms with Crippen molar-refractivity contribution in [1.29, 1.82) is 0 Å². The number of hydrogen-bond donors (Lipinski definition) is 1. The number of anilines is 1. The Kier molecular flexibility index (Phi) is 4.82. The molecule has 0 aliphatic carbocycles. The Morgan fingerprint density at radius 2 is 1.79 bits per heavy atom. The smallest absolute Gasteiger partial charge is 0.257 e. The van der Waals surface area contributed by atoms with Crippen molar-refractivity contribution in [3.63, 3.8) is 0 Å². The van der Waals surface area contributed by atoms with E-state index < -0.39 is 0 Å². The molecule has 2 aromatic carbocycles. The van der Waals surface area contributed by atoms with Crippen molar-refractivity contribution in [2.24, 2.45) is 0 Å². The molecule has 0 radical (unpaired) electrons. The topological polar surface area (TPSA) is 81.2 Å². The highest BCUT2D eigenvalue weighted by Gasteiger charge is 2.13. The van der Waals surface area contributed by atoms with Crippen molar-refractivity contribution in [3.05, 3.63) is 83.7 Å². The van der Waals surface area contributed by atoms with Crippen LogP contribution in [-0.4, -0.2) is 28.8 Å². The highest BCUT2D eigenvalue weighted by atomic mass is 32.1. The Hall–Kier alpha value is -3.58. The van der Waals surface area contributed by atoms with Crippen molar-refractivity contribution < 1.29 is 14.3 Å². The van der Waals surface area contributed by atoms with E-state index in [1.165, 1.54) is 11.3 Å². The number of aromatic nitrogens is 2. The number of fused-ring (bicyclic) bond motifs is 1. The molecule has 0 saturated heterocycles. The fourth-order valence-electron chi connectivity index (χ4n) is 2.67. The maximum absolute atomic E-state index is 12.5. The van der Waals surface area contributed by atoms with Crippen molar-refractivity contribution in [2.75, 3.05) is 12.4 Å². The number of hydrogen-bond acceptors (Lipinski definition) is 6. The van der Waals surface area contributed by atoms with Crippen LogP contribution < -0.4 is 10.1 Å². The summed E-state index contributed by atoms with van der Waals surface area (Å²) in [4.78, 5) is 33.4. The van der Waals surface area contributed by atoms with Crippen molar-refractivity contribution in [1.82, 2.24) is 9.97 Å². The van der Waals surface area contributed by atoms with Gasteiger partial charge in [-0.2, -0.15) is 0 Å². The predicted molar refractivity (Wildman–Crippen MR) is 108 cm³/mol. The number of ether oxygens (including phenoxy) is 1. The first-order chi connectivity index (χ1) is 13.6. The lowest BCUT2D eigenvalue weighted by Crippen LogP contribution is -2.12. The molecule has 0 spiro atoms. The Labute approximate surface area is 164 Å². The lowest BCUT2D eigenvalue weighted by atomic mass is 10.1. The number of carbonyl (C=O) groups is 2. The van der Waals surface area contributed by atoms with E-state index in [0.717, 1.165) is 16.0 Å². The number of methoxy groups -OCH3 is 1. The van der Waals surface area contributed by atoms with Crippen LogP contribution in [-0.2, 0) is 0 Å². The Morgan fingerprint density at radius 1 is 1.00 bits per heavy atom. The van der Waals surface area contributed by atoms with Gasteiger partial charge in [-0.1, -0.05) is 29.5 Å². The summed E-state index contributed by atoms with van der Waals surface area (Å²) in [7, 11) is 1.60. The maximum Gasteiger partial charge on any atom is 0.257 e. The van der Waals surface area contributed by atoms with Crippen LogP contribution in [0.5, 0.6) is 5.75 Å². The van der Waals surface area contributed by atoms with Crippen LogP contribution in [0.2, 0.25) is 0 Å². The third-order valence-corrected chi connectivity index (χ3v) is 5.06. The molecule has 28 heavy (non-hydrogen) atoms. The first-order valence-corrected chi connectivity index (χ1v) is 9.27. The second-order valence-corrected chi connectivity index (χ2v) is 6.96. The van der Waals surface area contributed by atoms with E-state index in [1.807, 2.05) is 18.2 Å². The number of ketones is 1. The molecule has 0 fully saturated rings.